The third kappa shape index (κ3) is 7.94. The summed E-state index contributed by atoms with van der Waals surface area (Å²) in [5.41, 5.74) is 3.09. The number of hydrogen-bond donors (Lipinski definition) is 1. The Morgan fingerprint density at radius 1 is 0.865 bits per heavy atom. The number of hydrogen-bond acceptors (Lipinski definition) is 3. The molecular weight excluding hydrogens is 460 g/mol. The minimum atomic E-state index is -0.598. The Kier molecular flexibility index (Phi) is 9.75. The zero-order valence-electron chi connectivity index (χ0n) is 21.8. The number of aryl methyl sites for hydroxylation is 1. The van der Waals surface area contributed by atoms with Crippen LogP contribution in [-0.2, 0) is 29.0 Å². The third-order valence-electron chi connectivity index (χ3n) is 7.18. The minimum Gasteiger partial charge on any atom is -0.497 e. The highest BCUT2D eigenvalue weighted by Gasteiger charge is 2.31. The normalized spacial score (nSPS) is 14.5. The van der Waals surface area contributed by atoms with Crippen LogP contribution in [0.4, 0.5) is 0 Å². The number of nitrogens with one attached hydrogen (secondary N) is 1. The van der Waals surface area contributed by atoms with Crippen LogP contribution in [-0.4, -0.2) is 35.9 Å². The lowest BCUT2D eigenvalue weighted by Crippen LogP contribution is -2.52. The molecule has 4 rings (SSSR count). The molecule has 37 heavy (non-hydrogen) atoms. The van der Waals surface area contributed by atoms with E-state index in [4.69, 9.17) is 4.74 Å². The smallest absolute Gasteiger partial charge is 0.243 e. The SMILES string of the molecule is COc1cccc(CN(C(=O)CCc2ccccc2)[C@H](Cc2ccccc2)C(=O)NC2CCCCC2)c1. The molecule has 2 amide bonds. The van der Waals surface area contributed by atoms with Crippen molar-refractivity contribution in [3.63, 3.8) is 0 Å². The first-order valence-corrected chi connectivity index (χ1v) is 13.4. The quantitative estimate of drug-likeness (QED) is 0.368. The van der Waals surface area contributed by atoms with Crippen molar-refractivity contribution in [3.05, 3.63) is 102 Å². The van der Waals surface area contributed by atoms with Gasteiger partial charge in [0.1, 0.15) is 11.8 Å². The largest absolute Gasteiger partial charge is 0.497 e. The summed E-state index contributed by atoms with van der Waals surface area (Å²) < 4.78 is 5.42. The standard InChI is InChI=1S/C32H38N2O3/c1-37-29-19-11-16-27(22-29)24-34(31(35)21-20-25-12-5-2-6-13-25)30(23-26-14-7-3-8-15-26)32(36)33-28-17-9-4-10-18-28/h2-3,5-8,11-16,19,22,28,30H,4,9-10,17-18,20-21,23-24H2,1H3,(H,33,36)/t30-/m1/s1. The fraction of sp³-hybridized carbons (Fsp3) is 0.375. The third-order valence-corrected chi connectivity index (χ3v) is 7.18. The Bertz CT molecular complexity index is 1130. The van der Waals surface area contributed by atoms with E-state index in [1.165, 1.54) is 6.42 Å². The molecule has 1 atom stereocenters. The average Bonchev–Trinajstić information content (AvgIpc) is 2.95. The highest BCUT2D eigenvalue weighted by molar-refractivity contribution is 5.88. The Balaban J connectivity index is 1.61. The number of nitrogens with zero attached hydrogens (tertiary/aromatic N) is 1. The molecule has 0 aromatic heterocycles. The second-order valence-corrected chi connectivity index (χ2v) is 9.91. The molecule has 5 heteroatoms. The van der Waals surface area contributed by atoms with E-state index in [0.717, 1.165) is 48.1 Å². The molecule has 0 aliphatic heterocycles. The van der Waals surface area contributed by atoms with Gasteiger partial charge in [0.25, 0.3) is 0 Å². The number of carbonyl (C=O) groups excluding carboxylic acids is 2. The molecule has 1 saturated carbocycles. The first-order valence-electron chi connectivity index (χ1n) is 13.4. The van der Waals surface area contributed by atoms with Crippen molar-refractivity contribution >= 4 is 11.8 Å². The predicted octanol–water partition coefficient (Wildman–Crippen LogP) is 5.72. The maximum Gasteiger partial charge on any atom is 0.243 e. The maximum atomic E-state index is 13.8. The summed E-state index contributed by atoms with van der Waals surface area (Å²) in [5, 5.41) is 3.30. The summed E-state index contributed by atoms with van der Waals surface area (Å²) in [6, 6.07) is 27.3. The maximum absolute atomic E-state index is 13.8. The van der Waals surface area contributed by atoms with Gasteiger partial charge >= 0.3 is 0 Å². The molecule has 3 aromatic carbocycles. The van der Waals surface area contributed by atoms with Gasteiger partial charge in [0.2, 0.25) is 11.8 Å². The van der Waals surface area contributed by atoms with Crippen molar-refractivity contribution < 1.29 is 14.3 Å². The van der Waals surface area contributed by atoms with Gasteiger partial charge in [0.15, 0.2) is 0 Å². The van der Waals surface area contributed by atoms with Crippen LogP contribution in [0.15, 0.2) is 84.9 Å². The summed E-state index contributed by atoms with van der Waals surface area (Å²) in [4.78, 5) is 29.4. The monoisotopic (exact) mass is 498 g/mol. The molecule has 0 saturated heterocycles. The van der Waals surface area contributed by atoms with Crippen molar-refractivity contribution in [1.82, 2.24) is 10.2 Å². The van der Waals surface area contributed by atoms with E-state index >= 15 is 0 Å². The predicted molar refractivity (Wildman–Crippen MR) is 147 cm³/mol. The van der Waals surface area contributed by atoms with E-state index in [1.54, 1.807) is 12.0 Å². The number of amides is 2. The minimum absolute atomic E-state index is 0.0219. The summed E-state index contributed by atoms with van der Waals surface area (Å²) >= 11 is 0. The molecule has 0 radical (unpaired) electrons. The molecule has 0 heterocycles. The number of carbonyl (C=O) groups is 2. The lowest BCUT2D eigenvalue weighted by molar-refractivity contribution is -0.141. The average molecular weight is 499 g/mol. The topological polar surface area (TPSA) is 58.6 Å². The van der Waals surface area contributed by atoms with E-state index < -0.39 is 6.04 Å². The van der Waals surface area contributed by atoms with Gasteiger partial charge in [-0.2, -0.15) is 0 Å². The highest BCUT2D eigenvalue weighted by Crippen LogP contribution is 2.22. The van der Waals surface area contributed by atoms with Crippen molar-refractivity contribution in [2.75, 3.05) is 7.11 Å². The van der Waals surface area contributed by atoms with Gasteiger partial charge in [-0.1, -0.05) is 92.1 Å². The molecule has 1 fully saturated rings. The molecule has 1 aliphatic carbocycles. The number of rotatable bonds is 11. The Morgan fingerprint density at radius 3 is 2.19 bits per heavy atom. The van der Waals surface area contributed by atoms with Gasteiger partial charge in [0, 0.05) is 25.4 Å². The van der Waals surface area contributed by atoms with Gasteiger partial charge in [-0.3, -0.25) is 9.59 Å². The van der Waals surface area contributed by atoms with Gasteiger partial charge in [-0.15, -0.1) is 0 Å². The highest BCUT2D eigenvalue weighted by atomic mass is 16.5. The summed E-state index contributed by atoms with van der Waals surface area (Å²) in [5.74, 6) is 0.651. The zero-order chi connectivity index (χ0) is 25.9. The molecule has 0 spiro atoms. The van der Waals surface area contributed by atoms with E-state index in [2.05, 4.69) is 5.32 Å². The van der Waals surface area contributed by atoms with E-state index in [1.807, 2.05) is 84.9 Å². The zero-order valence-corrected chi connectivity index (χ0v) is 21.8. The van der Waals surface area contributed by atoms with Crippen molar-refractivity contribution in [1.29, 1.82) is 0 Å². The second kappa shape index (κ2) is 13.6. The van der Waals surface area contributed by atoms with E-state index in [9.17, 15) is 9.59 Å². The number of ether oxygens (including phenoxy) is 1. The van der Waals surface area contributed by atoms with Crippen LogP contribution < -0.4 is 10.1 Å². The molecular formula is C32H38N2O3. The van der Waals surface area contributed by atoms with Crippen molar-refractivity contribution in [2.45, 2.75) is 70.0 Å². The number of methoxy groups -OCH3 is 1. The Labute approximate surface area is 220 Å². The van der Waals surface area contributed by atoms with E-state index in [-0.39, 0.29) is 17.9 Å². The van der Waals surface area contributed by atoms with Gasteiger partial charge in [-0.25, -0.2) is 0 Å². The fourth-order valence-electron chi connectivity index (χ4n) is 5.11. The van der Waals surface area contributed by atoms with Gasteiger partial charge in [-0.05, 0) is 48.1 Å². The molecule has 1 aliphatic rings. The van der Waals surface area contributed by atoms with Crippen molar-refractivity contribution in [2.24, 2.45) is 0 Å². The molecule has 5 nitrogen and oxygen atoms in total. The molecule has 1 N–H and O–H groups in total. The van der Waals surface area contributed by atoms with Crippen molar-refractivity contribution in [3.8, 4) is 5.75 Å². The van der Waals surface area contributed by atoms with Crippen LogP contribution in [0.3, 0.4) is 0 Å². The van der Waals surface area contributed by atoms with Crippen LogP contribution in [0.1, 0.15) is 55.2 Å². The first-order chi connectivity index (χ1) is 18.1. The molecule has 194 valence electrons. The van der Waals surface area contributed by atoms with E-state index in [0.29, 0.717) is 25.8 Å². The molecule has 0 bridgehead atoms. The molecule has 0 unspecified atom stereocenters. The van der Waals surface area contributed by atoms with Crippen LogP contribution in [0.25, 0.3) is 0 Å². The van der Waals surface area contributed by atoms with Crippen LogP contribution in [0.2, 0.25) is 0 Å². The second-order valence-electron chi connectivity index (χ2n) is 9.91. The van der Waals surface area contributed by atoms with Crippen LogP contribution in [0, 0.1) is 0 Å². The number of benzene rings is 3. The Hall–Kier alpha value is -3.60. The van der Waals surface area contributed by atoms with Crippen LogP contribution in [0.5, 0.6) is 5.75 Å². The lowest BCUT2D eigenvalue weighted by atomic mass is 9.94. The molecule has 3 aromatic rings. The van der Waals surface area contributed by atoms with Gasteiger partial charge in [0.05, 0.1) is 7.11 Å². The van der Waals surface area contributed by atoms with Gasteiger partial charge < -0.3 is 15.0 Å². The lowest BCUT2D eigenvalue weighted by Gasteiger charge is -2.33. The summed E-state index contributed by atoms with van der Waals surface area (Å²) in [6.07, 6.45) is 6.95. The fourth-order valence-corrected chi connectivity index (χ4v) is 5.11. The summed E-state index contributed by atoms with van der Waals surface area (Å²) in [7, 11) is 1.64. The summed E-state index contributed by atoms with van der Waals surface area (Å²) in [6.45, 7) is 0.348. The van der Waals surface area contributed by atoms with Crippen LogP contribution >= 0.6 is 0 Å². The first kappa shape index (κ1) is 26.5. The Morgan fingerprint density at radius 2 is 1.51 bits per heavy atom.